The summed E-state index contributed by atoms with van der Waals surface area (Å²) in [5.41, 5.74) is 0.275. The molecule has 0 aliphatic rings. The number of likely N-dealkylation sites (N-methyl/N-ethyl adjacent to an activating group) is 1. The summed E-state index contributed by atoms with van der Waals surface area (Å²) in [5.74, 6) is -2.47. The lowest BCUT2D eigenvalue weighted by atomic mass is 9.80. The van der Waals surface area contributed by atoms with E-state index in [1.165, 1.54) is 4.90 Å². The van der Waals surface area contributed by atoms with Crippen molar-refractivity contribution in [2.24, 2.45) is 11.3 Å². The lowest BCUT2D eigenvalue weighted by molar-refractivity contribution is -0.155. The van der Waals surface area contributed by atoms with Crippen molar-refractivity contribution < 1.29 is 14.7 Å². The van der Waals surface area contributed by atoms with E-state index >= 15 is 0 Å². The Morgan fingerprint density at radius 1 is 1.35 bits per heavy atom. The number of carboxylic acids is 1. The Labute approximate surface area is 119 Å². The molecule has 1 N–H and O–H groups in total. The van der Waals surface area contributed by atoms with E-state index < -0.39 is 17.3 Å². The molecule has 0 spiro atoms. The molecular weight excluding hydrogens is 256 g/mol. The highest BCUT2D eigenvalue weighted by atomic mass is 16.4. The molecule has 0 radical (unpaired) electrons. The van der Waals surface area contributed by atoms with E-state index in [1.54, 1.807) is 34.0 Å². The number of carbonyl (C=O) groups excluding carboxylic acids is 1. The average molecular weight is 278 g/mol. The third-order valence-electron chi connectivity index (χ3n) is 3.17. The van der Waals surface area contributed by atoms with Crippen LogP contribution in [0.15, 0.2) is 24.4 Å². The van der Waals surface area contributed by atoms with E-state index in [0.29, 0.717) is 13.0 Å². The van der Waals surface area contributed by atoms with Crippen molar-refractivity contribution in [3.05, 3.63) is 30.1 Å². The normalized spacial score (nSPS) is 12.8. The van der Waals surface area contributed by atoms with Crippen LogP contribution in [0.5, 0.6) is 0 Å². The lowest BCUT2D eigenvalue weighted by Gasteiger charge is -2.29. The SMILES string of the molecule is CN(CCc1ccccn1)C(=O)C(C(=O)O)C(C)(C)C. The highest BCUT2D eigenvalue weighted by molar-refractivity contribution is 5.97. The van der Waals surface area contributed by atoms with Crippen molar-refractivity contribution in [2.45, 2.75) is 27.2 Å². The molecule has 0 saturated carbocycles. The van der Waals surface area contributed by atoms with Gasteiger partial charge in [-0.15, -0.1) is 0 Å². The summed E-state index contributed by atoms with van der Waals surface area (Å²) in [6, 6.07) is 5.61. The molecule has 1 amide bonds. The number of hydrogen-bond donors (Lipinski definition) is 1. The van der Waals surface area contributed by atoms with Crippen LogP contribution in [-0.2, 0) is 16.0 Å². The van der Waals surface area contributed by atoms with Crippen LogP contribution in [0, 0.1) is 11.3 Å². The number of carbonyl (C=O) groups is 2. The molecule has 110 valence electrons. The number of hydrogen-bond acceptors (Lipinski definition) is 3. The zero-order valence-electron chi connectivity index (χ0n) is 12.5. The van der Waals surface area contributed by atoms with Crippen LogP contribution < -0.4 is 0 Å². The van der Waals surface area contributed by atoms with Gasteiger partial charge in [0.25, 0.3) is 0 Å². The molecule has 0 aromatic carbocycles. The summed E-state index contributed by atoms with van der Waals surface area (Å²) in [7, 11) is 1.63. The monoisotopic (exact) mass is 278 g/mol. The fourth-order valence-electron chi connectivity index (χ4n) is 2.01. The van der Waals surface area contributed by atoms with Crippen molar-refractivity contribution in [3.8, 4) is 0 Å². The Morgan fingerprint density at radius 3 is 2.45 bits per heavy atom. The van der Waals surface area contributed by atoms with Crippen LogP contribution in [0.25, 0.3) is 0 Å². The first-order valence-corrected chi connectivity index (χ1v) is 6.61. The van der Waals surface area contributed by atoms with Crippen molar-refractivity contribution in [1.82, 2.24) is 9.88 Å². The molecule has 0 aliphatic heterocycles. The van der Waals surface area contributed by atoms with E-state index in [0.717, 1.165) is 5.69 Å². The largest absolute Gasteiger partial charge is 0.481 e. The van der Waals surface area contributed by atoms with Gasteiger partial charge in [0, 0.05) is 31.9 Å². The average Bonchev–Trinajstić information content (AvgIpc) is 2.34. The second kappa shape index (κ2) is 6.50. The van der Waals surface area contributed by atoms with Gasteiger partial charge in [-0.3, -0.25) is 14.6 Å². The van der Waals surface area contributed by atoms with Gasteiger partial charge in [-0.25, -0.2) is 0 Å². The highest BCUT2D eigenvalue weighted by Crippen LogP contribution is 2.27. The molecule has 0 bridgehead atoms. The zero-order valence-corrected chi connectivity index (χ0v) is 12.5. The Morgan fingerprint density at radius 2 is 2.00 bits per heavy atom. The van der Waals surface area contributed by atoms with Crippen LogP contribution in [0.4, 0.5) is 0 Å². The van der Waals surface area contributed by atoms with Gasteiger partial charge in [0.2, 0.25) is 5.91 Å². The molecule has 0 fully saturated rings. The van der Waals surface area contributed by atoms with Gasteiger partial charge < -0.3 is 10.0 Å². The molecular formula is C15H22N2O3. The number of aliphatic carboxylic acids is 1. The number of amides is 1. The van der Waals surface area contributed by atoms with Crippen LogP contribution in [-0.4, -0.2) is 40.5 Å². The molecule has 1 atom stereocenters. The van der Waals surface area contributed by atoms with Gasteiger partial charge >= 0.3 is 5.97 Å². The second-order valence-corrected chi connectivity index (χ2v) is 5.97. The smallest absolute Gasteiger partial charge is 0.316 e. The maximum atomic E-state index is 12.3. The van der Waals surface area contributed by atoms with Crippen LogP contribution >= 0.6 is 0 Å². The summed E-state index contributed by atoms with van der Waals surface area (Å²) in [4.78, 5) is 29.2. The summed E-state index contributed by atoms with van der Waals surface area (Å²) in [6.07, 6.45) is 2.31. The minimum Gasteiger partial charge on any atom is -0.481 e. The standard InChI is InChI=1S/C15H22N2O3/c1-15(2,3)12(14(19)20)13(18)17(4)10-8-11-7-5-6-9-16-11/h5-7,9,12H,8,10H2,1-4H3,(H,19,20). The van der Waals surface area contributed by atoms with Gasteiger partial charge in [0.05, 0.1) is 0 Å². The topological polar surface area (TPSA) is 70.5 Å². The maximum absolute atomic E-state index is 12.3. The van der Waals surface area contributed by atoms with E-state index in [4.69, 9.17) is 0 Å². The number of rotatable bonds is 5. The summed E-state index contributed by atoms with van der Waals surface area (Å²) >= 11 is 0. The molecule has 5 nitrogen and oxygen atoms in total. The minimum absolute atomic E-state index is 0.360. The van der Waals surface area contributed by atoms with Crippen molar-refractivity contribution >= 4 is 11.9 Å². The molecule has 20 heavy (non-hydrogen) atoms. The first-order chi connectivity index (χ1) is 9.23. The number of carboxylic acid groups (broad SMARTS) is 1. The van der Waals surface area contributed by atoms with Gasteiger partial charge in [0.1, 0.15) is 5.92 Å². The summed E-state index contributed by atoms with van der Waals surface area (Å²) in [6.45, 7) is 5.73. The van der Waals surface area contributed by atoms with Gasteiger partial charge in [0.15, 0.2) is 0 Å². The zero-order chi connectivity index (χ0) is 15.3. The van der Waals surface area contributed by atoms with Gasteiger partial charge in [-0.05, 0) is 17.5 Å². The minimum atomic E-state index is -1.08. The lowest BCUT2D eigenvalue weighted by Crippen LogP contribution is -2.44. The van der Waals surface area contributed by atoms with Crippen LogP contribution in [0.1, 0.15) is 26.5 Å². The van der Waals surface area contributed by atoms with Crippen molar-refractivity contribution in [3.63, 3.8) is 0 Å². The second-order valence-electron chi connectivity index (χ2n) is 5.97. The molecule has 0 saturated heterocycles. The first kappa shape index (κ1) is 16.1. The molecule has 5 heteroatoms. The van der Waals surface area contributed by atoms with Crippen molar-refractivity contribution in [2.75, 3.05) is 13.6 Å². The van der Waals surface area contributed by atoms with E-state index in [1.807, 2.05) is 18.2 Å². The third-order valence-corrected chi connectivity index (χ3v) is 3.17. The van der Waals surface area contributed by atoms with E-state index in [2.05, 4.69) is 4.98 Å². The molecule has 1 aromatic rings. The first-order valence-electron chi connectivity index (χ1n) is 6.61. The Hall–Kier alpha value is -1.91. The molecule has 1 rings (SSSR count). The van der Waals surface area contributed by atoms with Crippen molar-refractivity contribution in [1.29, 1.82) is 0 Å². The Kier molecular flexibility index (Phi) is 5.25. The molecule has 0 aliphatic carbocycles. The maximum Gasteiger partial charge on any atom is 0.316 e. The molecule has 1 aromatic heterocycles. The predicted octanol–water partition coefficient (Wildman–Crippen LogP) is 1.83. The number of pyridine rings is 1. The summed E-state index contributed by atoms with van der Waals surface area (Å²) < 4.78 is 0. The van der Waals surface area contributed by atoms with Gasteiger partial charge in [-0.1, -0.05) is 26.8 Å². The van der Waals surface area contributed by atoms with E-state index in [9.17, 15) is 14.7 Å². The third kappa shape index (κ3) is 4.33. The number of aromatic nitrogens is 1. The van der Waals surface area contributed by atoms with Gasteiger partial charge in [-0.2, -0.15) is 0 Å². The van der Waals surface area contributed by atoms with Crippen LogP contribution in [0.3, 0.4) is 0 Å². The fourth-order valence-corrected chi connectivity index (χ4v) is 2.01. The molecule has 1 unspecified atom stereocenters. The van der Waals surface area contributed by atoms with Crippen LogP contribution in [0.2, 0.25) is 0 Å². The predicted molar refractivity (Wildman–Crippen MR) is 76.2 cm³/mol. The highest BCUT2D eigenvalue weighted by Gasteiger charge is 2.39. The fraction of sp³-hybridized carbons (Fsp3) is 0.533. The Bertz CT molecular complexity index is 466. The Balaban J connectivity index is 2.68. The quantitative estimate of drug-likeness (QED) is 0.834. The van der Waals surface area contributed by atoms with E-state index in [-0.39, 0.29) is 5.91 Å². The number of nitrogens with zero attached hydrogens (tertiary/aromatic N) is 2. The molecule has 1 heterocycles. The summed E-state index contributed by atoms with van der Waals surface area (Å²) in [5, 5.41) is 9.25.